The van der Waals surface area contributed by atoms with Gasteiger partial charge in [0, 0.05) is 15.2 Å². The van der Waals surface area contributed by atoms with E-state index in [1.807, 2.05) is 0 Å². The quantitative estimate of drug-likeness (QED) is 0.466. The maximum atomic E-state index is 16.8. The standard InChI is InChI=1S/C12H36FSi6/c1-15(2,3)14(16(4,5)6)19(13,17(7,8)9)18(10,11)12/h1-12H3/q-1. The Kier molecular flexibility index (Phi) is 5.81. The van der Waals surface area contributed by atoms with E-state index in [9.17, 15) is 0 Å². The van der Waals surface area contributed by atoms with Gasteiger partial charge in [0.25, 0.3) is 0 Å². The molecule has 0 N–H and O–H groups in total. The monoisotopic (exact) mass is 367 g/mol. The smallest absolute Gasteiger partial charge is 0.0707 e. The van der Waals surface area contributed by atoms with Gasteiger partial charge >= 0.3 is 0 Å². The molecule has 0 saturated carbocycles. The summed E-state index contributed by atoms with van der Waals surface area (Å²) in [4.78, 5) is 0. The second kappa shape index (κ2) is 5.46. The van der Waals surface area contributed by atoms with Gasteiger partial charge in [0.05, 0.1) is 6.96 Å². The van der Waals surface area contributed by atoms with Crippen molar-refractivity contribution >= 4 is 44.7 Å². The van der Waals surface area contributed by atoms with Crippen LogP contribution < -0.4 is 0 Å². The predicted octanol–water partition coefficient (Wildman–Crippen LogP) is 5.14. The summed E-state index contributed by atoms with van der Waals surface area (Å²) >= 11 is 0. The molecule has 7 heteroatoms. The van der Waals surface area contributed by atoms with E-state index in [-0.39, 0.29) is 0 Å². The Morgan fingerprint density at radius 2 is 0.737 bits per heavy atom. The van der Waals surface area contributed by atoms with Gasteiger partial charge in [0.1, 0.15) is 0 Å². The molecule has 19 heavy (non-hydrogen) atoms. The van der Waals surface area contributed by atoms with Crippen LogP contribution in [0.3, 0.4) is 0 Å². The number of rotatable bonds is 5. The Morgan fingerprint density at radius 1 is 0.526 bits per heavy atom. The van der Waals surface area contributed by atoms with Gasteiger partial charge in [-0.1, -0.05) is 78.6 Å². The molecule has 0 atom stereocenters. The van der Waals surface area contributed by atoms with E-state index in [1.54, 1.807) is 0 Å². The molecule has 0 unspecified atom stereocenters. The van der Waals surface area contributed by atoms with Crippen molar-refractivity contribution in [1.82, 2.24) is 0 Å². The lowest BCUT2D eigenvalue weighted by atomic mass is 11.8. The maximum absolute atomic E-state index is 16.8. The highest BCUT2D eigenvalue weighted by Gasteiger charge is 2.56. The van der Waals surface area contributed by atoms with Crippen molar-refractivity contribution in [2.45, 2.75) is 78.6 Å². The summed E-state index contributed by atoms with van der Waals surface area (Å²) in [6, 6.07) is 0. The fourth-order valence-electron chi connectivity index (χ4n) is 4.03. The highest BCUT2D eigenvalue weighted by atomic mass is 30.2. The fraction of sp³-hybridized carbons (Fsp3) is 1.00. The number of hydrogen-bond donors (Lipinski definition) is 0. The molecule has 0 radical (unpaired) electrons. The molecule has 0 aliphatic carbocycles. The number of halogens is 1. The van der Waals surface area contributed by atoms with Crippen molar-refractivity contribution in [2.24, 2.45) is 0 Å². The Morgan fingerprint density at radius 3 is 0.789 bits per heavy atom. The lowest BCUT2D eigenvalue weighted by Crippen LogP contribution is -2.87. The summed E-state index contributed by atoms with van der Waals surface area (Å²) < 4.78 is 16.8. The van der Waals surface area contributed by atoms with Crippen LogP contribution in [-0.4, -0.2) is 44.7 Å². The first kappa shape index (κ1) is 20.2. The summed E-state index contributed by atoms with van der Waals surface area (Å²) in [5.74, 6) is 0. The molecule has 116 valence electrons. The molecular formula is C12H36FSi6-. The van der Waals surface area contributed by atoms with Gasteiger partial charge in [-0.3, -0.25) is 0 Å². The largest absolute Gasteiger partial charge is 0.360 e. The highest BCUT2D eigenvalue weighted by Crippen LogP contribution is 2.39. The first-order valence-electron chi connectivity index (χ1n) is 7.44. The van der Waals surface area contributed by atoms with E-state index in [4.69, 9.17) is 0 Å². The second-order valence-electron chi connectivity index (χ2n) is 10.0. The Bertz CT molecular complexity index is 287. The lowest BCUT2D eigenvalue weighted by Gasteiger charge is -2.66. The van der Waals surface area contributed by atoms with Crippen LogP contribution in [0.15, 0.2) is 0 Å². The SMILES string of the molecule is C[Si](C)(C)[Si-]([Si](C)(C)C)[Si](F)([Si](C)(C)C)[Si](C)(C)C. The van der Waals surface area contributed by atoms with Crippen molar-refractivity contribution in [3.8, 4) is 0 Å². The third-order valence-electron chi connectivity index (χ3n) is 3.91. The first-order valence-corrected chi connectivity index (χ1v) is 29.8. The van der Waals surface area contributed by atoms with Gasteiger partial charge in [0.15, 0.2) is 0 Å². The Labute approximate surface area is 127 Å². The van der Waals surface area contributed by atoms with Gasteiger partial charge in [-0.2, -0.15) is 0 Å². The fourth-order valence-corrected chi connectivity index (χ4v) is 190. The van der Waals surface area contributed by atoms with E-state index in [2.05, 4.69) is 78.6 Å². The van der Waals surface area contributed by atoms with E-state index in [0.717, 1.165) is 0 Å². The van der Waals surface area contributed by atoms with E-state index < -0.39 is 44.7 Å². The second-order valence-corrected chi connectivity index (χ2v) is 67.8. The van der Waals surface area contributed by atoms with Crippen molar-refractivity contribution in [3.63, 3.8) is 0 Å². The minimum Gasteiger partial charge on any atom is -0.360 e. The molecule has 0 amide bonds. The van der Waals surface area contributed by atoms with Gasteiger partial charge < -0.3 is 4.11 Å². The maximum Gasteiger partial charge on any atom is 0.0707 e. The topological polar surface area (TPSA) is 0 Å². The predicted molar refractivity (Wildman–Crippen MR) is 106 cm³/mol. The molecule has 0 aromatic heterocycles. The highest BCUT2D eigenvalue weighted by molar-refractivity contribution is 8.02. The zero-order valence-electron chi connectivity index (χ0n) is 15.4. The lowest BCUT2D eigenvalue weighted by molar-refractivity contribution is 0.861. The van der Waals surface area contributed by atoms with Crippen LogP contribution in [0.5, 0.6) is 0 Å². The van der Waals surface area contributed by atoms with Gasteiger partial charge in [-0.05, 0) is 0 Å². The van der Waals surface area contributed by atoms with Crippen molar-refractivity contribution in [2.75, 3.05) is 0 Å². The molecule has 0 nitrogen and oxygen atoms in total. The van der Waals surface area contributed by atoms with Crippen molar-refractivity contribution in [3.05, 3.63) is 0 Å². The van der Waals surface area contributed by atoms with E-state index in [0.29, 0.717) is 0 Å². The number of hydrogen-bond acceptors (Lipinski definition) is 0. The zero-order valence-corrected chi connectivity index (χ0v) is 21.4. The van der Waals surface area contributed by atoms with Crippen LogP contribution in [0.4, 0.5) is 4.11 Å². The third-order valence-corrected chi connectivity index (χ3v) is 109. The van der Waals surface area contributed by atoms with Crippen LogP contribution >= 0.6 is 0 Å². The van der Waals surface area contributed by atoms with E-state index >= 15 is 4.11 Å². The molecule has 0 heterocycles. The summed E-state index contributed by atoms with van der Waals surface area (Å²) in [6.07, 6.45) is 0. The summed E-state index contributed by atoms with van der Waals surface area (Å²) in [5, 5.41) is 0. The summed E-state index contributed by atoms with van der Waals surface area (Å²) in [5.41, 5.74) is 0. The van der Waals surface area contributed by atoms with Crippen LogP contribution in [0.25, 0.3) is 0 Å². The summed E-state index contributed by atoms with van der Waals surface area (Å²) in [6.45, 7) is 26.4. The minimum absolute atomic E-state index is 0.754. The Hall–Kier alpha value is 1.23. The van der Waals surface area contributed by atoms with Crippen LogP contribution in [0.1, 0.15) is 0 Å². The molecule has 0 saturated heterocycles. The molecular weight excluding hydrogens is 332 g/mol. The molecule has 0 aromatic rings. The molecule has 0 aromatic carbocycles. The van der Waals surface area contributed by atoms with Gasteiger partial charge in [-0.25, -0.2) is 7.35 Å². The average molecular weight is 368 g/mol. The van der Waals surface area contributed by atoms with Crippen molar-refractivity contribution < 1.29 is 4.11 Å². The molecule has 0 bridgehead atoms. The molecule has 0 fully saturated rings. The van der Waals surface area contributed by atoms with E-state index in [1.165, 1.54) is 0 Å². The van der Waals surface area contributed by atoms with Crippen LogP contribution in [0, 0.1) is 0 Å². The first-order chi connectivity index (χ1) is 7.87. The minimum atomic E-state index is -2.55. The van der Waals surface area contributed by atoms with Gasteiger partial charge in [-0.15, -0.1) is 15.2 Å². The molecule has 0 rings (SSSR count). The molecule has 0 aliphatic rings. The normalized spacial score (nSPS) is 16.1. The van der Waals surface area contributed by atoms with Crippen molar-refractivity contribution in [1.29, 1.82) is 0 Å². The van der Waals surface area contributed by atoms with Gasteiger partial charge in [0.2, 0.25) is 0 Å². The van der Waals surface area contributed by atoms with Crippen LogP contribution in [0.2, 0.25) is 78.6 Å². The Balaban J connectivity index is 6.28. The molecule has 0 aliphatic heterocycles. The summed E-state index contributed by atoms with van der Waals surface area (Å²) in [7, 11) is -6.83. The molecule has 0 spiro atoms. The average Bonchev–Trinajstić information content (AvgIpc) is 1.92. The van der Waals surface area contributed by atoms with Crippen LogP contribution in [-0.2, 0) is 0 Å². The zero-order chi connectivity index (χ0) is 16.1. The third kappa shape index (κ3) is 4.12.